The number of fused-ring (bicyclic) bond motifs is 1. The molecule has 0 aliphatic carbocycles. The number of methoxy groups -OCH3 is 1. The number of amides is 1. The van der Waals surface area contributed by atoms with Gasteiger partial charge in [0.25, 0.3) is 5.91 Å². The number of carbonyl (C=O) groups excluding carboxylic acids is 2. The number of esters is 1. The molecule has 2 rings (SSSR count). The molecule has 1 N–H and O–H groups in total. The van der Waals surface area contributed by atoms with E-state index in [9.17, 15) is 9.59 Å². The SMILES string of the molecule is COC(=O)[C@H](CCSC)NC(=O)c1cc(C(C)C)nc2c1c(C)nn2C. The second kappa shape index (κ2) is 8.53. The predicted octanol–water partition coefficient (Wildman–Crippen LogP) is 2.42. The Hall–Kier alpha value is -2.09. The van der Waals surface area contributed by atoms with Crippen LogP contribution in [0.1, 0.15) is 47.9 Å². The van der Waals surface area contributed by atoms with Gasteiger partial charge in [0.2, 0.25) is 0 Å². The van der Waals surface area contributed by atoms with Crippen LogP contribution in [0.4, 0.5) is 0 Å². The molecule has 8 heteroatoms. The highest BCUT2D eigenvalue weighted by atomic mass is 32.2. The smallest absolute Gasteiger partial charge is 0.328 e. The van der Waals surface area contributed by atoms with Gasteiger partial charge < -0.3 is 10.1 Å². The van der Waals surface area contributed by atoms with E-state index in [1.807, 2.05) is 34.1 Å². The van der Waals surface area contributed by atoms with Crippen molar-refractivity contribution in [3.05, 3.63) is 23.0 Å². The van der Waals surface area contributed by atoms with Crippen molar-refractivity contribution in [2.75, 3.05) is 19.1 Å². The lowest BCUT2D eigenvalue weighted by molar-refractivity contribution is -0.142. The molecule has 0 unspecified atom stereocenters. The van der Waals surface area contributed by atoms with Crippen LogP contribution in [0.5, 0.6) is 0 Å². The first kappa shape index (κ1) is 20.2. The lowest BCUT2D eigenvalue weighted by Gasteiger charge is -2.17. The van der Waals surface area contributed by atoms with Crippen molar-refractivity contribution in [3.8, 4) is 0 Å². The van der Waals surface area contributed by atoms with Gasteiger partial charge in [-0.25, -0.2) is 9.78 Å². The standard InChI is InChI=1S/C18H26N4O3S/c1-10(2)14-9-12(15-11(3)21-22(4)16(15)19-14)17(23)20-13(7-8-26-6)18(24)25-5/h9-10,13H,7-8H2,1-6H3,(H,20,23)/t13-/m0/s1. The zero-order chi connectivity index (χ0) is 19.4. The third kappa shape index (κ3) is 4.17. The van der Waals surface area contributed by atoms with Gasteiger partial charge in [-0.1, -0.05) is 13.8 Å². The van der Waals surface area contributed by atoms with E-state index in [4.69, 9.17) is 4.74 Å². The fourth-order valence-corrected chi connectivity index (χ4v) is 3.27. The lowest BCUT2D eigenvalue weighted by atomic mass is 10.0. The number of carbonyl (C=O) groups is 2. The van der Waals surface area contributed by atoms with Crippen LogP contribution >= 0.6 is 11.8 Å². The minimum atomic E-state index is -0.678. The molecule has 2 aromatic heterocycles. The van der Waals surface area contributed by atoms with Gasteiger partial charge in [0.1, 0.15) is 6.04 Å². The molecule has 0 spiro atoms. The van der Waals surface area contributed by atoms with E-state index in [0.29, 0.717) is 23.0 Å². The van der Waals surface area contributed by atoms with E-state index >= 15 is 0 Å². The molecule has 0 fully saturated rings. The number of thioether (sulfide) groups is 1. The summed E-state index contributed by atoms with van der Waals surface area (Å²) in [5, 5.41) is 7.93. The average Bonchev–Trinajstić information content (AvgIpc) is 2.91. The van der Waals surface area contributed by atoms with E-state index in [1.165, 1.54) is 7.11 Å². The molecule has 0 aromatic carbocycles. The molecule has 0 aliphatic rings. The zero-order valence-corrected chi connectivity index (χ0v) is 16.9. The van der Waals surface area contributed by atoms with Crippen molar-refractivity contribution >= 4 is 34.7 Å². The van der Waals surface area contributed by atoms with Gasteiger partial charge in [-0.15, -0.1) is 0 Å². The van der Waals surface area contributed by atoms with Crippen molar-refractivity contribution in [2.24, 2.45) is 7.05 Å². The Bertz CT molecular complexity index is 816. The van der Waals surface area contributed by atoms with E-state index in [1.54, 1.807) is 22.5 Å². The van der Waals surface area contributed by atoms with Crippen LogP contribution < -0.4 is 5.32 Å². The van der Waals surface area contributed by atoms with Gasteiger partial charge in [-0.2, -0.15) is 16.9 Å². The molecule has 1 amide bonds. The van der Waals surface area contributed by atoms with E-state index in [0.717, 1.165) is 17.1 Å². The van der Waals surface area contributed by atoms with Crippen LogP contribution in [-0.4, -0.2) is 51.8 Å². The number of nitrogens with zero attached hydrogens (tertiary/aromatic N) is 3. The largest absolute Gasteiger partial charge is 0.467 e. The van der Waals surface area contributed by atoms with Crippen LogP contribution in [0.2, 0.25) is 0 Å². The first-order valence-corrected chi connectivity index (χ1v) is 9.91. The molecule has 142 valence electrons. The number of hydrogen-bond donors (Lipinski definition) is 1. The number of rotatable bonds is 7. The highest BCUT2D eigenvalue weighted by Crippen LogP contribution is 2.25. The van der Waals surface area contributed by atoms with E-state index in [-0.39, 0.29) is 11.8 Å². The molecular weight excluding hydrogens is 352 g/mol. The first-order valence-electron chi connectivity index (χ1n) is 8.52. The molecule has 2 heterocycles. The van der Waals surface area contributed by atoms with Crippen LogP contribution in [0, 0.1) is 6.92 Å². The highest BCUT2D eigenvalue weighted by Gasteiger charge is 2.25. The van der Waals surface area contributed by atoms with Gasteiger partial charge >= 0.3 is 5.97 Å². The maximum atomic E-state index is 13.0. The summed E-state index contributed by atoms with van der Waals surface area (Å²) < 4.78 is 6.51. The average molecular weight is 378 g/mol. The summed E-state index contributed by atoms with van der Waals surface area (Å²) in [6, 6.07) is 1.11. The second-order valence-electron chi connectivity index (χ2n) is 6.49. The Kier molecular flexibility index (Phi) is 6.63. The summed E-state index contributed by atoms with van der Waals surface area (Å²) in [5.41, 5.74) is 2.69. The third-order valence-electron chi connectivity index (χ3n) is 4.23. The van der Waals surface area contributed by atoms with Gasteiger partial charge in [-0.3, -0.25) is 9.48 Å². The number of nitrogens with one attached hydrogen (secondary N) is 1. The fraction of sp³-hybridized carbons (Fsp3) is 0.556. The Balaban J connectivity index is 2.46. The summed E-state index contributed by atoms with van der Waals surface area (Å²) in [5.74, 6) is 0.153. The summed E-state index contributed by atoms with van der Waals surface area (Å²) in [6.07, 6.45) is 2.47. The normalized spacial score (nSPS) is 12.4. The third-order valence-corrected chi connectivity index (χ3v) is 4.87. The molecule has 2 aromatic rings. The number of aromatic nitrogens is 3. The van der Waals surface area contributed by atoms with Crippen LogP contribution in [0.3, 0.4) is 0 Å². The summed E-state index contributed by atoms with van der Waals surface area (Å²) in [4.78, 5) is 29.7. The van der Waals surface area contributed by atoms with Gasteiger partial charge in [0.15, 0.2) is 5.65 Å². The number of aryl methyl sites for hydroxylation is 2. The summed E-state index contributed by atoms with van der Waals surface area (Å²) in [7, 11) is 3.14. The predicted molar refractivity (Wildman–Crippen MR) is 104 cm³/mol. The Morgan fingerprint density at radius 1 is 1.38 bits per heavy atom. The van der Waals surface area contributed by atoms with E-state index in [2.05, 4.69) is 15.4 Å². The maximum absolute atomic E-state index is 13.0. The molecule has 7 nitrogen and oxygen atoms in total. The van der Waals surface area contributed by atoms with E-state index < -0.39 is 12.0 Å². The summed E-state index contributed by atoms with van der Waals surface area (Å²) in [6.45, 7) is 5.89. The summed E-state index contributed by atoms with van der Waals surface area (Å²) >= 11 is 1.61. The Morgan fingerprint density at radius 2 is 2.08 bits per heavy atom. The second-order valence-corrected chi connectivity index (χ2v) is 7.47. The topological polar surface area (TPSA) is 86.1 Å². The number of pyridine rings is 1. The lowest BCUT2D eigenvalue weighted by Crippen LogP contribution is -2.42. The molecule has 0 radical (unpaired) electrons. The highest BCUT2D eigenvalue weighted by molar-refractivity contribution is 7.98. The minimum absolute atomic E-state index is 0.161. The number of ether oxygens (including phenoxy) is 1. The van der Waals surface area contributed by atoms with Gasteiger partial charge in [-0.05, 0) is 37.3 Å². The van der Waals surface area contributed by atoms with Crippen LogP contribution in [0.15, 0.2) is 6.07 Å². The van der Waals surface area contributed by atoms with Crippen molar-refractivity contribution < 1.29 is 14.3 Å². The Morgan fingerprint density at radius 3 is 2.65 bits per heavy atom. The Labute approximate surface area is 157 Å². The van der Waals surface area contributed by atoms with Crippen molar-refractivity contribution in [1.29, 1.82) is 0 Å². The van der Waals surface area contributed by atoms with Crippen LogP contribution in [0.25, 0.3) is 11.0 Å². The van der Waals surface area contributed by atoms with Gasteiger partial charge in [0, 0.05) is 12.7 Å². The van der Waals surface area contributed by atoms with Crippen LogP contribution in [-0.2, 0) is 16.6 Å². The van der Waals surface area contributed by atoms with Crippen molar-refractivity contribution in [1.82, 2.24) is 20.1 Å². The number of hydrogen-bond acceptors (Lipinski definition) is 6. The van der Waals surface area contributed by atoms with Crippen molar-refractivity contribution in [3.63, 3.8) is 0 Å². The molecule has 0 bridgehead atoms. The zero-order valence-electron chi connectivity index (χ0n) is 16.1. The monoisotopic (exact) mass is 378 g/mol. The minimum Gasteiger partial charge on any atom is -0.467 e. The molecular formula is C18H26N4O3S. The van der Waals surface area contributed by atoms with Crippen molar-refractivity contribution in [2.45, 2.75) is 39.2 Å². The molecule has 0 aliphatic heterocycles. The molecule has 26 heavy (non-hydrogen) atoms. The molecule has 0 saturated carbocycles. The maximum Gasteiger partial charge on any atom is 0.328 e. The molecule has 1 atom stereocenters. The quantitative estimate of drug-likeness (QED) is 0.745. The first-order chi connectivity index (χ1) is 12.3. The van der Waals surface area contributed by atoms with Gasteiger partial charge in [0.05, 0.1) is 23.8 Å². The molecule has 0 saturated heterocycles. The fourth-order valence-electron chi connectivity index (χ4n) is 2.80.